The predicted molar refractivity (Wildman–Crippen MR) is 82.2 cm³/mol. The predicted octanol–water partition coefficient (Wildman–Crippen LogP) is 2.87. The largest absolute Gasteiger partial charge is 0.289 e. The van der Waals surface area contributed by atoms with Crippen molar-refractivity contribution in [3.05, 3.63) is 64.7 Å². The zero-order chi connectivity index (χ0) is 15.5. The van der Waals surface area contributed by atoms with Crippen LogP contribution in [0.3, 0.4) is 0 Å². The van der Waals surface area contributed by atoms with Gasteiger partial charge in [0, 0.05) is 17.7 Å². The van der Waals surface area contributed by atoms with Crippen molar-refractivity contribution in [2.24, 2.45) is 0 Å². The van der Waals surface area contributed by atoms with Crippen molar-refractivity contribution in [3.8, 4) is 0 Å². The van der Waals surface area contributed by atoms with E-state index in [4.69, 9.17) is 11.6 Å². The molecule has 2 aromatic rings. The molecule has 0 heterocycles. The maximum absolute atomic E-state index is 12.3. The van der Waals surface area contributed by atoms with Crippen molar-refractivity contribution in [2.75, 3.05) is 6.54 Å². The zero-order valence-corrected chi connectivity index (χ0v) is 12.9. The molecule has 6 heteroatoms. The molecule has 0 aliphatic carbocycles. The standard InChI is InChI=1S/C15H14ClNO3S/c1-2-17-21(19,20)12-9-7-11(8-10-12)15(18)13-5-3-4-6-14(13)16/h3-10,17H,2H2,1H3. The molecule has 0 unspecified atom stereocenters. The molecule has 110 valence electrons. The lowest BCUT2D eigenvalue weighted by Crippen LogP contribution is -2.23. The quantitative estimate of drug-likeness (QED) is 0.861. The molecule has 0 aliphatic rings. The van der Waals surface area contributed by atoms with Crippen LogP contribution in [0.5, 0.6) is 0 Å². The first-order valence-electron chi connectivity index (χ1n) is 6.34. The van der Waals surface area contributed by atoms with E-state index in [1.807, 2.05) is 0 Å². The Kier molecular flexibility index (Phi) is 4.77. The second-order valence-corrected chi connectivity index (χ2v) is 6.51. The van der Waals surface area contributed by atoms with Crippen LogP contribution in [0.4, 0.5) is 0 Å². The average Bonchev–Trinajstić information content (AvgIpc) is 2.47. The third-order valence-electron chi connectivity index (χ3n) is 2.88. The minimum Gasteiger partial charge on any atom is -0.289 e. The number of sulfonamides is 1. The van der Waals surface area contributed by atoms with E-state index in [2.05, 4.69) is 4.72 Å². The first kappa shape index (κ1) is 15.7. The van der Waals surface area contributed by atoms with Gasteiger partial charge in [0.05, 0.1) is 9.92 Å². The van der Waals surface area contributed by atoms with Gasteiger partial charge in [-0.1, -0.05) is 30.7 Å². The molecule has 2 aromatic carbocycles. The van der Waals surface area contributed by atoms with Crippen LogP contribution < -0.4 is 4.72 Å². The number of carbonyl (C=O) groups is 1. The highest BCUT2D eigenvalue weighted by Crippen LogP contribution is 2.20. The number of hydrogen-bond donors (Lipinski definition) is 1. The van der Waals surface area contributed by atoms with E-state index in [1.54, 1.807) is 31.2 Å². The molecule has 0 bridgehead atoms. The highest BCUT2D eigenvalue weighted by molar-refractivity contribution is 7.89. The summed E-state index contributed by atoms with van der Waals surface area (Å²) in [6.07, 6.45) is 0. The monoisotopic (exact) mass is 323 g/mol. The Balaban J connectivity index is 2.32. The second-order valence-electron chi connectivity index (χ2n) is 4.33. The number of carbonyl (C=O) groups excluding carboxylic acids is 1. The van der Waals surface area contributed by atoms with Crippen molar-refractivity contribution in [1.29, 1.82) is 0 Å². The molecule has 0 saturated carbocycles. The van der Waals surface area contributed by atoms with Crippen LogP contribution in [0.15, 0.2) is 53.4 Å². The summed E-state index contributed by atoms with van der Waals surface area (Å²) in [6, 6.07) is 12.5. The topological polar surface area (TPSA) is 63.2 Å². The lowest BCUT2D eigenvalue weighted by Gasteiger charge is -2.06. The third kappa shape index (κ3) is 3.50. The third-order valence-corrected chi connectivity index (χ3v) is 4.77. The van der Waals surface area contributed by atoms with Gasteiger partial charge >= 0.3 is 0 Å². The molecule has 0 saturated heterocycles. The summed E-state index contributed by atoms with van der Waals surface area (Å²) in [6.45, 7) is 2.01. The van der Waals surface area contributed by atoms with Crippen LogP contribution >= 0.6 is 11.6 Å². The second kappa shape index (κ2) is 6.39. The lowest BCUT2D eigenvalue weighted by molar-refractivity contribution is 0.103. The summed E-state index contributed by atoms with van der Waals surface area (Å²) >= 11 is 5.99. The maximum Gasteiger partial charge on any atom is 0.240 e. The lowest BCUT2D eigenvalue weighted by atomic mass is 10.0. The van der Waals surface area contributed by atoms with Crippen LogP contribution in [0.2, 0.25) is 5.02 Å². The van der Waals surface area contributed by atoms with E-state index in [9.17, 15) is 13.2 Å². The summed E-state index contributed by atoms with van der Waals surface area (Å²) in [7, 11) is -3.51. The Morgan fingerprint density at radius 3 is 2.29 bits per heavy atom. The molecule has 0 spiro atoms. The minimum atomic E-state index is -3.51. The van der Waals surface area contributed by atoms with Gasteiger partial charge < -0.3 is 0 Å². The van der Waals surface area contributed by atoms with Crippen molar-refractivity contribution in [3.63, 3.8) is 0 Å². The Bertz CT molecular complexity index is 755. The molecular formula is C15H14ClNO3S. The van der Waals surface area contributed by atoms with Gasteiger partial charge in [-0.3, -0.25) is 4.79 Å². The van der Waals surface area contributed by atoms with Crippen molar-refractivity contribution in [1.82, 2.24) is 4.72 Å². The Morgan fingerprint density at radius 2 is 1.71 bits per heavy atom. The zero-order valence-electron chi connectivity index (χ0n) is 11.3. The Morgan fingerprint density at radius 1 is 1.10 bits per heavy atom. The number of nitrogens with one attached hydrogen (secondary N) is 1. The Hall–Kier alpha value is -1.69. The fourth-order valence-electron chi connectivity index (χ4n) is 1.86. The first-order valence-corrected chi connectivity index (χ1v) is 8.21. The van der Waals surface area contributed by atoms with E-state index in [0.29, 0.717) is 22.7 Å². The molecule has 0 aromatic heterocycles. The fourth-order valence-corrected chi connectivity index (χ4v) is 3.12. The highest BCUT2D eigenvalue weighted by atomic mass is 35.5. The SMILES string of the molecule is CCNS(=O)(=O)c1ccc(C(=O)c2ccccc2Cl)cc1. The van der Waals surface area contributed by atoms with Crippen molar-refractivity contribution >= 4 is 27.4 Å². The van der Waals surface area contributed by atoms with E-state index in [1.165, 1.54) is 24.3 Å². The molecule has 21 heavy (non-hydrogen) atoms. The van der Waals surface area contributed by atoms with Gasteiger partial charge in [-0.15, -0.1) is 0 Å². The molecule has 0 fully saturated rings. The van der Waals surface area contributed by atoms with E-state index < -0.39 is 10.0 Å². The number of ketones is 1. The molecule has 0 amide bonds. The number of hydrogen-bond acceptors (Lipinski definition) is 3. The molecule has 4 nitrogen and oxygen atoms in total. The number of rotatable bonds is 5. The average molecular weight is 324 g/mol. The van der Waals surface area contributed by atoms with E-state index in [0.717, 1.165) is 0 Å². The van der Waals surface area contributed by atoms with Gasteiger partial charge in [-0.05, 0) is 36.4 Å². The van der Waals surface area contributed by atoms with E-state index in [-0.39, 0.29) is 10.7 Å². The Labute approximate surface area is 128 Å². The fraction of sp³-hybridized carbons (Fsp3) is 0.133. The normalized spacial score (nSPS) is 11.3. The molecule has 0 radical (unpaired) electrons. The molecule has 0 atom stereocenters. The molecule has 2 rings (SSSR count). The van der Waals surface area contributed by atoms with Crippen LogP contribution in [0.1, 0.15) is 22.8 Å². The van der Waals surface area contributed by atoms with Crippen molar-refractivity contribution < 1.29 is 13.2 Å². The smallest absolute Gasteiger partial charge is 0.240 e. The van der Waals surface area contributed by atoms with E-state index >= 15 is 0 Å². The first-order chi connectivity index (χ1) is 9.95. The van der Waals surface area contributed by atoms with Crippen LogP contribution in [-0.4, -0.2) is 20.7 Å². The van der Waals surface area contributed by atoms with Gasteiger partial charge in [0.1, 0.15) is 0 Å². The number of benzene rings is 2. The van der Waals surface area contributed by atoms with Gasteiger partial charge in [0.25, 0.3) is 0 Å². The molecule has 0 aliphatic heterocycles. The summed E-state index contributed by atoms with van der Waals surface area (Å²) in [4.78, 5) is 12.4. The van der Waals surface area contributed by atoms with Gasteiger partial charge in [-0.2, -0.15) is 0 Å². The van der Waals surface area contributed by atoms with Crippen molar-refractivity contribution in [2.45, 2.75) is 11.8 Å². The van der Waals surface area contributed by atoms with Gasteiger partial charge in [0.15, 0.2) is 5.78 Å². The molecular weight excluding hydrogens is 310 g/mol. The summed E-state index contributed by atoms with van der Waals surface area (Å²) in [5.41, 5.74) is 0.778. The summed E-state index contributed by atoms with van der Waals surface area (Å²) < 4.78 is 26.0. The maximum atomic E-state index is 12.3. The van der Waals surface area contributed by atoms with Crippen LogP contribution in [0.25, 0.3) is 0 Å². The summed E-state index contributed by atoms with van der Waals surface area (Å²) in [5, 5.41) is 0.367. The van der Waals surface area contributed by atoms with Gasteiger partial charge in [-0.25, -0.2) is 13.1 Å². The summed E-state index contributed by atoms with van der Waals surface area (Å²) in [5.74, 6) is -0.243. The highest BCUT2D eigenvalue weighted by Gasteiger charge is 2.15. The van der Waals surface area contributed by atoms with Crippen LogP contribution in [0, 0.1) is 0 Å². The minimum absolute atomic E-state index is 0.125. The van der Waals surface area contributed by atoms with Gasteiger partial charge in [0.2, 0.25) is 10.0 Å². The van der Waals surface area contributed by atoms with Crippen LogP contribution in [-0.2, 0) is 10.0 Å². The molecule has 1 N–H and O–H groups in total. The number of halogens is 1.